The van der Waals surface area contributed by atoms with Crippen LogP contribution in [0.5, 0.6) is 0 Å². The van der Waals surface area contributed by atoms with E-state index in [2.05, 4.69) is 42.6 Å². The van der Waals surface area contributed by atoms with Crippen molar-refractivity contribution in [1.29, 1.82) is 0 Å². The summed E-state index contributed by atoms with van der Waals surface area (Å²) in [7, 11) is -2.63. The summed E-state index contributed by atoms with van der Waals surface area (Å²) >= 11 is 7.86. The maximum Gasteiger partial charge on any atom is 0.224 e. The highest BCUT2D eigenvalue weighted by Crippen LogP contribution is 2.23. The van der Waals surface area contributed by atoms with Gasteiger partial charge in [0, 0.05) is 18.4 Å². The van der Waals surface area contributed by atoms with E-state index in [0.29, 0.717) is 5.82 Å². The number of nitrogens with one attached hydrogen (secondary N) is 2. The second-order valence-electron chi connectivity index (χ2n) is 3.71. The highest BCUT2D eigenvalue weighted by atomic mass is 127. The number of halogens is 2. The standard InChI is InChI=1S/C11H10ClIN4O2S/c12-11-14-6-8(13)10(17-11)16-9-4-2-1-3-7(9)5-15-20(18)19/h1-4,6,20H,5H2,(H,14,16,17)(H,15,18,19). The Bertz CT molecular complexity index is 688. The molecule has 0 fully saturated rings. The minimum absolute atomic E-state index is 0.145. The summed E-state index contributed by atoms with van der Waals surface area (Å²) in [6.07, 6.45) is 1.60. The van der Waals surface area contributed by atoms with Crippen LogP contribution in [0.15, 0.2) is 30.5 Å². The minimum atomic E-state index is -2.63. The molecular formula is C11H10ClIN4O2S. The fourth-order valence-electron chi connectivity index (χ4n) is 1.51. The second kappa shape index (κ2) is 7.16. The van der Waals surface area contributed by atoms with E-state index < -0.39 is 10.9 Å². The quantitative estimate of drug-likeness (QED) is 0.389. The van der Waals surface area contributed by atoms with E-state index in [1.54, 1.807) is 6.20 Å². The lowest BCUT2D eigenvalue weighted by molar-refractivity contribution is 0.601. The van der Waals surface area contributed by atoms with Crippen molar-refractivity contribution in [2.75, 3.05) is 5.32 Å². The van der Waals surface area contributed by atoms with Gasteiger partial charge >= 0.3 is 0 Å². The van der Waals surface area contributed by atoms with Crippen molar-refractivity contribution >= 4 is 56.6 Å². The molecule has 0 unspecified atom stereocenters. The maximum absolute atomic E-state index is 10.6. The molecule has 0 amide bonds. The van der Waals surface area contributed by atoms with E-state index >= 15 is 0 Å². The number of benzene rings is 1. The van der Waals surface area contributed by atoms with E-state index in [9.17, 15) is 8.42 Å². The molecule has 1 aromatic heterocycles. The molecule has 20 heavy (non-hydrogen) atoms. The monoisotopic (exact) mass is 424 g/mol. The summed E-state index contributed by atoms with van der Waals surface area (Å²) in [5.74, 6) is 0.574. The van der Waals surface area contributed by atoms with Gasteiger partial charge in [-0.2, -0.15) is 4.98 Å². The van der Waals surface area contributed by atoms with Crippen LogP contribution in [0.25, 0.3) is 0 Å². The lowest BCUT2D eigenvalue weighted by atomic mass is 10.2. The van der Waals surface area contributed by atoms with Gasteiger partial charge in [0.25, 0.3) is 0 Å². The maximum atomic E-state index is 10.6. The van der Waals surface area contributed by atoms with Gasteiger partial charge in [-0.05, 0) is 45.8 Å². The Morgan fingerprint density at radius 3 is 2.80 bits per heavy atom. The largest absolute Gasteiger partial charge is 0.339 e. The third kappa shape index (κ3) is 4.27. The molecule has 0 atom stereocenters. The van der Waals surface area contributed by atoms with Crippen molar-refractivity contribution in [1.82, 2.24) is 14.7 Å². The van der Waals surface area contributed by atoms with Gasteiger partial charge in [-0.1, -0.05) is 18.2 Å². The van der Waals surface area contributed by atoms with E-state index in [0.717, 1.165) is 14.8 Å². The van der Waals surface area contributed by atoms with Crippen molar-refractivity contribution in [3.8, 4) is 0 Å². The van der Waals surface area contributed by atoms with Crippen molar-refractivity contribution in [2.24, 2.45) is 0 Å². The molecule has 2 aromatic rings. The summed E-state index contributed by atoms with van der Waals surface area (Å²) in [6, 6.07) is 7.33. The summed E-state index contributed by atoms with van der Waals surface area (Å²) in [5, 5.41) is 3.27. The molecule has 0 saturated carbocycles. The van der Waals surface area contributed by atoms with Crippen LogP contribution in [0.4, 0.5) is 11.5 Å². The molecule has 0 spiro atoms. The number of para-hydroxylation sites is 1. The number of hydrogen-bond donors (Lipinski definition) is 3. The van der Waals surface area contributed by atoms with Gasteiger partial charge in [0.1, 0.15) is 5.82 Å². The minimum Gasteiger partial charge on any atom is -0.339 e. The third-order valence-electron chi connectivity index (χ3n) is 2.38. The number of anilines is 2. The fourth-order valence-corrected chi connectivity index (χ4v) is 2.33. The van der Waals surface area contributed by atoms with Gasteiger partial charge in [0.15, 0.2) is 0 Å². The number of rotatable bonds is 5. The van der Waals surface area contributed by atoms with Crippen LogP contribution in [0, 0.1) is 3.57 Å². The molecule has 0 bridgehead atoms. The van der Waals surface area contributed by atoms with Crippen LogP contribution < -0.4 is 10.0 Å². The molecule has 6 nitrogen and oxygen atoms in total. The molecule has 2 rings (SSSR count). The van der Waals surface area contributed by atoms with Crippen molar-refractivity contribution < 1.29 is 8.42 Å². The van der Waals surface area contributed by atoms with Crippen LogP contribution in [0.3, 0.4) is 0 Å². The average molecular weight is 425 g/mol. The Kier molecular flexibility index (Phi) is 5.52. The lowest BCUT2D eigenvalue weighted by Gasteiger charge is -2.11. The zero-order chi connectivity index (χ0) is 14.5. The van der Waals surface area contributed by atoms with Gasteiger partial charge in [0.05, 0.1) is 3.57 Å². The fraction of sp³-hybridized carbons (Fsp3) is 0.0909. The Hall–Kier alpha value is -0.970. The van der Waals surface area contributed by atoms with Crippen molar-refractivity contribution in [2.45, 2.75) is 6.54 Å². The van der Waals surface area contributed by atoms with E-state index in [1.807, 2.05) is 24.3 Å². The molecule has 2 N–H and O–H groups in total. The van der Waals surface area contributed by atoms with Crippen LogP contribution in [-0.2, 0) is 17.4 Å². The van der Waals surface area contributed by atoms with Crippen molar-refractivity contribution in [3.63, 3.8) is 0 Å². The Balaban J connectivity index is 2.26. The second-order valence-corrected chi connectivity index (χ2v) is 6.04. The lowest BCUT2D eigenvalue weighted by Crippen LogP contribution is -2.12. The predicted octanol–water partition coefficient (Wildman–Crippen LogP) is 2.09. The Morgan fingerprint density at radius 2 is 2.05 bits per heavy atom. The molecule has 1 aromatic carbocycles. The zero-order valence-electron chi connectivity index (χ0n) is 10.0. The number of hydrogen-bond acceptors (Lipinski definition) is 5. The highest BCUT2D eigenvalue weighted by Gasteiger charge is 2.07. The Morgan fingerprint density at radius 1 is 1.30 bits per heavy atom. The molecule has 1 heterocycles. The van der Waals surface area contributed by atoms with Crippen molar-refractivity contribution in [3.05, 3.63) is 44.9 Å². The smallest absolute Gasteiger partial charge is 0.224 e. The van der Waals surface area contributed by atoms with E-state index in [1.165, 1.54) is 0 Å². The Labute approximate surface area is 136 Å². The molecule has 0 aliphatic carbocycles. The predicted molar refractivity (Wildman–Crippen MR) is 86.6 cm³/mol. The van der Waals surface area contributed by atoms with E-state index in [4.69, 9.17) is 11.6 Å². The first kappa shape index (κ1) is 15.4. The molecule has 0 radical (unpaired) electrons. The van der Waals surface area contributed by atoms with Gasteiger partial charge in [0.2, 0.25) is 16.2 Å². The number of nitrogens with zero attached hydrogens (tertiary/aromatic N) is 2. The van der Waals surface area contributed by atoms with E-state index in [-0.39, 0.29) is 11.8 Å². The van der Waals surface area contributed by atoms with Crippen LogP contribution in [0.2, 0.25) is 5.28 Å². The van der Waals surface area contributed by atoms with Crippen LogP contribution >= 0.6 is 34.2 Å². The first-order valence-electron chi connectivity index (χ1n) is 5.47. The number of aromatic nitrogens is 2. The summed E-state index contributed by atoms with van der Waals surface area (Å²) in [4.78, 5) is 7.98. The zero-order valence-corrected chi connectivity index (χ0v) is 13.8. The van der Waals surface area contributed by atoms with Crippen LogP contribution in [0.1, 0.15) is 5.56 Å². The number of thiol groups is 1. The summed E-state index contributed by atoms with van der Waals surface area (Å²) in [5.41, 5.74) is 1.56. The molecular weight excluding hydrogens is 415 g/mol. The molecule has 0 aliphatic heterocycles. The summed E-state index contributed by atoms with van der Waals surface area (Å²) in [6.45, 7) is 0.206. The van der Waals surface area contributed by atoms with Crippen LogP contribution in [-0.4, -0.2) is 18.4 Å². The van der Waals surface area contributed by atoms with Gasteiger partial charge in [-0.25, -0.2) is 18.1 Å². The summed E-state index contributed by atoms with van der Waals surface area (Å²) < 4.78 is 24.4. The molecule has 0 saturated heterocycles. The topological polar surface area (TPSA) is 84.0 Å². The normalized spacial score (nSPS) is 10.8. The SMILES string of the molecule is O=[SH](=O)NCc1ccccc1Nc1nc(Cl)ncc1I. The third-order valence-corrected chi connectivity index (χ3v) is 3.77. The van der Waals surface area contributed by atoms with Gasteiger partial charge in [-0.3, -0.25) is 0 Å². The highest BCUT2D eigenvalue weighted by molar-refractivity contribution is 14.1. The first-order chi connectivity index (χ1) is 9.56. The van der Waals surface area contributed by atoms with Gasteiger partial charge < -0.3 is 5.32 Å². The van der Waals surface area contributed by atoms with Gasteiger partial charge in [-0.15, -0.1) is 0 Å². The molecule has 0 aliphatic rings. The molecule has 9 heteroatoms. The average Bonchev–Trinajstić information content (AvgIpc) is 2.42. The first-order valence-corrected chi connectivity index (χ1v) is 8.10. The molecule has 106 valence electrons.